The van der Waals surface area contributed by atoms with E-state index in [1.165, 1.54) is 23.1 Å². The van der Waals surface area contributed by atoms with E-state index in [1.807, 2.05) is 6.20 Å². The van der Waals surface area contributed by atoms with Gasteiger partial charge in [0.2, 0.25) is 0 Å². The average Bonchev–Trinajstić information content (AvgIpc) is 2.78. The van der Waals surface area contributed by atoms with Crippen molar-refractivity contribution in [2.24, 2.45) is 0 Å². The van der Waals surface area contributed by atoms with Gasteiger partial charge in [0.1, 0.15) is 5.82 Å². The molecule has 1 fully saturated rings. The third-order valence-electron chi connectivity index (χ3n) is 4.36. The van der Waals surface area contributed by atoms with Crippen molar-refractivity contribution in [1.82, 2.24) is 9.97 Å². The summed E-state index contributed by atoms with van der Waals surface area (Å²) in [5.74, 6) is 0.941. The zero-order valence-electron chi connectivity index (χ0n) is 11.5. The smallest absolute Gasteiger partial charge is 0.115 e. The van der Waals surface area contributed by atoms with Crippen molar-refractivity contribution in [3.05, 3.63) is 41.3 Å². The van der Waals surface area contributed by atoms with Gasteiger partial charge in [-0.25, -0.2) is 4.98 Å². The molecule has 0 amide bonds. The number of benzene rings is 1. The van der Waals surface area contributed by atoms with Crippen LogP contribution >= 0.6 is 0 Å². The minimum atomic E-state index is -0.114. The van der Waals surface area contributed by atoms with Gasteiger partial charge in [-0.3, -0.25) is 0 Å². The normalized spacial score (nSPS) is 17.2. The van der Waals surface area contributed by atoms with Gasteiger partial charge in [0.05, 0.1) is 23.9 Å². The maximum absolute atomic E-state index is 9.60. The molecule has 1 heterocycles. The minimum Gasteiger partial charge on any atom is -0.395 e. The van der Waals surface area contributed by atoms with Gasteiger partial charge >= 0.3 is 0 Å². The number of hydrogen-bond acceptors (Lipinski definition) is 2. The maximum Gasteiger partial charge on any atom is 0.115 e. The molecule has 0 radical (unpaired) electrons. The Morgan fingerprint density at radius 1 is 1.32 bits per heavy atom. The Morgan fingerprint density at radius 3 is 2.68 bits per heavy atom. The predicted octanol–water partition coefficient (Wildman–Crippen LogP) is 3.11. The molecule has 19 heavy (non-hydrogen) atoms. The number of aromatic nitrogens is 2. The van der Waals surface area contributed by atoms with Crippen LogP contribution in [0, 0.1) is 13.8 Å². The highest BCUT2D eigenvalue weighted by atomic mass is 16.3. The fraction of sp³-hybridized carbons (Fsp3) is 0.438. The van der Waals surface area contributed by atoms with E-state index in [-0.39, 0.29) is 12.0 Å². The molecule has 3 nitrogen and oxygen atoms in total. The van der Waals surface area contributed by atoms with Crippen molar-refractivity contribution in [3.63, 3.8) is 0 Å². The number of aromatic amines is 1. The van der Waals surface area contributed by atoms with Crippen LogP contribution in [-0.4, -0.2) is 21.7 Å². The monoisotopic (exact) mass is 256 g/mol. The largest absolute Gasteiger partial charge is 0.395 e. The second kappa shape index (κ2) is 4.49. The van der Waals surface area contributed by atoms with E-state index in [0.717, 1.165) is 24.4 Å². The van der Waals surface area contributed by atoms with Gasteiger partial charge in [-0.15, -0.1) is 0 Å². The van der Waals surface area contributed by atoms with Crippen LogP contribution in [0.5, 0.6) is 0 Å². The van der Waals surface area contributed by atoms with Gasteiger partial charge in [0, 0.05) is 5.56 Å². The van der Waals surface area contributed by atoms with Crippen molar-refractivity contribution < 1.29 is 5.11 Å². The summed E-state index contributed by atoms with van der Waals surface area (Å²) < 4.78 is 0. The highest BCUT2D eigenvalue weighted by Crippen LogP contribution is 2.42. The van der Waals surface area contributed by atoms with E-state index >= 15 is 0 Å². The molecule has 3 rings (SSSR count). The fourth-order valence-corrected chi connectivity index (χ4v) is 2.92. The van der Waals surface area contributed by atoms with E-state index in [9.17, 15) is 5.11 Å². The first-order chi connectivity index (χ1) is 9.14. The van der Waals surface area contributed by atoms with E-state index < -0.39 is 0 Å². The Labute approximate surface area is 113 Å². The van der Waals surface area contributed by atoms with Gasteiger partial charge in [0.25, 0.3) is 0 Å². The average molecular weight is 256 g/mol. The summed E-state index contributed by atoms with van der Waals surface area (Å²) in [7, 11) is 0. The van der Waals surface area contributed by atoms with E-state index in [4.69, 9.17) is 0 Å². The molecule has 0 aliphatic heterocycles. The van der Waals surface area contributed by atoms with Gasteiger partial charge in [-0.05, 0) is 32.3 Å². The first kappa shape index (κ1) is 12.4. The number of aliphatic hydroxyl groups excluding tert-OH is 1. The third kappa shape index (κ3) is 1.98. The van der Waals surface area contributed by atoms with Crippen molar-refractivity contribution in [2.45, 2.75) is 38.5 Å². The molecule has 1 aromatic heterocycles. The lowest BCUT2D eigenvalue weighted by Gasteiger charge is -2.38. The van der Waals surface area contributed by atoms with E-state index in [2.05, 4.69) is 42.0 Å². The maximum atomic E-state index is 9.60. The highest BCUT2D eigenvalue weighted by Gasteiger charge is 2.40. The number of aryl methyl sites for hydroxylation is 2. The Bertz CT molecular complexity index is 591. The molecule has 0 atom stereocenters. The van der Waals surface area contributed by atoms with E-state index in [1.54, 1.807) is 0 Å². The first-order valence-corrected chi connectivity index (χ1v) is 6.89. The van der Waals surface area contributed by atoms with Crippen molar-refractivity contribution in [1.29, 1.82) is 0 Å². The summed E-state index contributed by atoms with van der Waals surface area (Å²) in [5.41, 5.74) is 4.65. The summed E-state index contributed by atoms with van der Waals surface area (Å²) in [5, 5.41) is 9.60. The Hall–Kier alpha value is -1.61. The lowest BCUT2D eigenvalue weighted by molar-refractivity contribution is 0.113. The second-order valence-corrected chi connectivity index (χ2v) is 5.76. The molecule has 2 N–H and O–H groups in total. The summed E-state index contributed by atoms with van der Waals surface area (Å²) in [6.07, 6.45) is 5.13. The topological polar surface area (TPSA) is 48.9 Å². The van der Waals surface area contributed by atoms with Crippen LogP contribution in [0.15, 0.2) is 24.4 Å². The molecule has 1 aliphatic rings. The van der Waals surface area contributed by atoms with Crippen LogP contribution in [-0.2, 0) is 5.41 Å². The Kier molecular flexibility index (Phi) is 2.94. The quantitative estimate of drug-likeness (QED) is 0.886. The van der Waals surface area contributed by atoms with E-state index in [0.29, 0.717) is 0 Å². The van der Waals surface area contributed by atoms with Crippen molar-refractivity contribution in [2.75, 3.05) is 6.61 Å². The number of rotatable bonds is 3. The van der Waals surface area contributed by atoms with Crippen LogP contribution in [0.2, 0.25) is 0 Å². The van der Waals surface area contributed by atoms with Gasteiger partial charge in [-0.1, -0.05) is 30.2 Å². The molecule has 3 heteroatoms. The SMILES string of the molecule is Cc1ccc(-c2cnc(C3(CO)CCC3)[nH]2)c(C)c1. The third-order valence-corrected chi connectivity index (χ3v) is 4.36. The molecular formula is C16H20N2O. The van der Waals surface area contributed by atoms with Gasteiger partial charge < -0.3 is 10.1 Å². The molecule has 1 saturated carbocycles. The van der Waals surface area contributed by atoms with Crippen LogP contribution in [0.3, 0.4) is 0 Å². The molecule has 1 aromatic carbocycles. The van der Waals surface area contributed by atoms with Crippen LogP contribution in [0.1, 0.15) is 36.2 Å². The number of nitrogens with zero attached hydrogens (tertiary/aromatic N) is 1. The van der Waals surface area contributed by atoms with Gasteiger partial charge in [-0.2, -0.15) is 0 Å². The van der Waals surface area contributed by atoms with Crippen LogP contribution < -0.4 is 0 Å². The molecule has 0 unspecified atom stereocenters. The summed E-state index contributed by atoms with van der Waals surface area (Å²) >= 11 is 0. The molecular weight excluding hydrogens is 236 g/mol. The second-order valence-electron chi connectivity index (χ2n) is 5.76. The standard InChI is InChI=1S/C16H20N2O/c1-11-4-5-13(12(2)8-11)14-9-17-15(18-14)16(10-19)6-3-7-16/h4-5,8-9,19H,3,6-7,10H2,1-2H3,(H,17,18). The Morgan fingerprint density at radius 2 is 2.11 bits per heavy atom. The molecule has 1 aliphatic carbocycles. The first-order valence-electron chi connectivity index (χ1n) is 6.89. The lowest BCUT2D eigenvalue weighted by Crippen LogP contribution is -2.39. The predicted molar refractivity (Wildman–Crippen MR) is 76.1 cm³/mol. The molecule has 0 saturated heterocycles. The molecule has 0 bridgehead atoms. The number of imidazole rings is 1. The van der Waals surface area contributed by atoms with Crippen molar-refractivity contribution in [3.8, 4) is 11.3 Å². The fourth-order valence-electron chi connectivity index (χ4n) is 2.92. The van der Waals surface area contributed by atoms with Gasteiger partial charge in [0.15, 0.2) is 0 Å². The molecule has 2 aromatic rings. The lowest BCUT2D eigenvalue weighted by atomic mass is 9.69. The van der Waals surface area contributed by atoms with Crippen molar-refractivity contribution >= 4 is 0 Å². The number of nitrogens with one attached hydrogen (secondary N) is 1. The molecule has 100 valence electrons. The van der Waals surface area contributed by atoms with Crippen LogP contribution in [0.4, 0.5) is 0 Å². The number of aliphatic hydroxyl groups is 1. The highest BCUT2D eigenvalue weighted by molar-refractivity contribution is 5.63. The number of hydrogen-bond donors (Lipinski definition) is 2. The number of H-pyrrole nitrogens is 1. The summed E-state index contributed by atoms with van der Waals surface area (Å²) in [6.45, 7) is 4.41. The molecule has 0 spiro atoms. The zero-order valence-corrected chi connectivity index (χ0v) is 11.5. The minimum absolute atomic E-state index is 0.114. The Balaban J connectivity index is 1.97. The summed E-state index contributed by atoms with van der Waals surface area (Å²) in [4.78, 5) is 7.92. The zero-order chi connectivity index (χ0) is 13.5. The van der Waals surface area contributed by atoms with Crippen LogP contribution in [0.25, 0.3) is 11.3 Å². The summed E-state index contributed by atoms with van der Waals surface area (Å²) in [6, 6.07) is 6.43.